The Bertz CT molecular complexity index is 1690. The van der Waals surface area contributed by atoms with Crippen LogP contribution >= 0.6 is 0 Å². The number of nitrogens with one attached hydrogen (secondary N) is 2. The van der Waals surface area contributed by atoms with E-state index in [1.165, 1.54) is 0 Å². The summed E-state index contributed by atoms with van der Waals surface area (Å²) in [6, 6.07) is 33.4. The van der Waals surface area contributed by atoms with Crippen LogP contribution in [0.25, 0.3) is 68.6 Å². The quantitative estimate of drug-likeness (QED) is 0.242. The molecular formula is C32H22CoN4+2. The van der Waals surface area contributed by atoms with E-state index in [9.17, 15) is 0 Å². The normalized spacial score (nSPS) is 11.9. The molecule has 37 heavy (non-hydrogen) atoms. The molecule has 0 atom stereocenters. The van der Waals surface area contributed by atoms with E-state index in [0.29, 0.717) is 0 Å². The van der Waals surface area contributed by atoms with Crippen LogP contribution in [-0.2, 0) is 16.8 Å². The van der Waals surface area contributed by atoms with Gasteiger partial charge in [0.2, 0.25) is 0 Å². The summed E-state index contributed by atoms with van der Waals surface area (Å²) in [6.07, 6.45) is 8.32. The van der Waals surface area contributed by atoms with Crippen LogP contribution in [0.5, 0.6) is 0 Å². The summed E-state index contributed by atoms with van der Waals surface area (Å²) in [5.41, 5.74) is 12.1. The summed E-state index contributed by atoms with van der Waals surface area (Å²) in [7, 11) is 0. The molecule has 0 fully saturated rings. The Balaban J connectivity index is 0.00000252. The van der Waals surface area contributed by atoms with Gasteiger partial charge in [-0.3, -0.25) is 0 Å². The molecule has 2 N–H and O–H groups in total. The fourth-order valence-corrected chi connectivity index (χ4v) is 4.89. The van der Waals surface area contributed by atoms with Crippen molar-refractivity contribution < 1.29 is 16.8 Å². The van der Waals surface area contributed by atoms with Crippen molar-refractivity contribution in [3.63, 3.8) is 0 Å². The van der Waals surface area contributed by atoms with Gasteiger partial charge in [0.25, 0.3) is 0 Å². The summed E-state index contributed by atoms with van der Waals surface area (Å²) in [5.74, 6) is 0. The first-order valence-corrected chi connectivity index (χ1v) is 12.0. The van der Waals surface area contributed by atoms with E-state index >= 15 is 0 Å². The predicted molar refractivity (Wildman–Crippen MR) is 150 cm³/mol. The maximum atomic E-state index is 4.99. The number of aromatic nitrogens is 4. The molecule has 4 nitrogen and oxygen atoms in total. The van der Waals surface area contributed by atoms with Crippen LogP contribution in [0, 0.1) is 0 Å². The van der Waals surface area contributed by atoms with Gasteiger partial charge in [-0.1, -0.05) is 60.7 Å². The standard InChI is InChI=1S/C32H22N4.Co/c1-3-7-21(8-4-1)31-27-15-11-23(33-27)19-25-13-17-29(35-25)32(22-9-5-2-6-10-22)30-18-14-26(36-30)20-24-12-16-28(31)34-24;/h1-20,33,36H;/q;+2. The Kier molecular flexibility index (Phi) is 5.92. The molecule has 0 spiro atoms. The largest absolute Gasteiger partial charge is 2.00 e. The van der Waals surface area contributed by atoms with Gasteiger partial charge in [-0.15, -0.1) is 0 Å². The summed E-state index contributed by atoms with van der Waals surface area (Å²) < 4.78 is 0. The molecule has 7 rings (SSSR count). The molecule has 2 aliphatic heterocycles. The first-order chi connectivity index (χ1) is 17.8. The van der Waals surface area contributed by atoms with E-state index in [1.807, 2.05) is 12.1 Å². The van der Waals surface area contributed by atoms with Crippen molar-refractivity contribution in [2.75, 3.05) is 0 Å². The van der Waals surface area contributed by atoms with E-state index in [1.54, 1.807) is 0 Å². The maximum absolute atomic E-state index is 4.99. The number of fused-ring (bicyclic) bond motifs is 8. The molecular weight excluding hydrogens is 499 g/mol. The van der Waals surface area contributed by atoms with Crippen molar-refractivity contribution in [2.45, 2.75) is 0 Å². The van der Waals surface area contributed by atoms with Gasteiger partial charge in [0.1, 0.15) is 0 Å². The SMILES string of the molecule is C1=Cc2nc1cc1ccc([nH]1)c(-c1ccccc1)c1nc(cc3ccc([nH]3)c2-c2ccccc2)C=C1.[Co+2]. The fourth-order valence-electron chi connectivity index (χ4n) is 4.89. The number of rotatable bonds is 2. The Morgan fingerprint density at radius 3 is 1.32 bits per heavy atom. The molecule has 5 heterocycles. The first kappa shape index (κ1) is 23.0. The van der Waals surface area contributed by atoms with E-state index < -0.39 is 0 Å². The number of hydrogen-bond donors (Lipinski definition) is 2. The van der Waals surface area contributed by atoms with Crippen LogP contribution in [0.2, 0.25) is 0 Å². The molecule has 0 amide bonds. The second-order valence-electron chi connectivity index (χ2n) is 8.94. The zero-order chi connectivity index (χ0) is 23.9. The second kappa shape index (κ2) is 9.54. The molecule has 3 aromatic heterocycles. The average Bonchev–Trinajstić information content (AvgIpc) is 3.72. The number of aromatic amines is 2. The maximum Gasteiger partial charge on any atom is 2.00 e. The molecule has 0 aliphatic carbocycles. The number of H-pyrrole nitrogens is 2. The molecule has 5 heteroatoms. The molecule has 0 saturated carbocycles. The predicted octanol–water partition coefficient (Wildman–Crippen LogP) is 7.99. The van der Waals surface area contributed by atoms with Crippen LogP contribution in [0.3, 0.4) is 0 Å². The third-order valence-corrected chi connectivity index (χ3v) is 6.52. The minimum absolute atomic E-state index is 0. The topological polar surface area (TPSA) is 57.4 Å². The molecule has 177 valence electrons. The number of nitrogens with zero attached hydrogens (tertiary/aromatic N) is 2. The molecule has 2 aromatic carbocycles. The van der Waals surface area contributed by atoms with Gasteiger partial charge in [-0.05, 0) is 71.8 Å². The first-order valence-electron chi connectivity index (χ1n) is 12.0. The second-order valence-corrected chi connectivity index (χ2v) is 8.94. The zero-order valence-electron chi connectivity index (χ0n) is 19.8. The van der Waals surface area contributed by atoms with Gasteiger partial charge in [-0.2, -0.15) is 0 Å². The van der Waals surface area contributed by atoms with Gasteiger partial charge in [0.15, 0.2) is 0 Å². The van der Waals surface area contributed by atoms with Crippen LogP contribution in [-0.4, -0.2) is 19.9 Å². The monoisotopic (exact) mass is 521 g/mol. The van der Waals surface area contributed by atoms with Gasteiger partial charge in [0.05, 0.1) is 22.8 Å². The third kappa shape index (κ3) is 4.35. The van der Waals surface area contributed by atoms with E-state index in [4.69, 9.17) is 9.97 Å². The Morgan fingerprint density at radius 1 is 0.459 bits per heavy atom. The average molecular weight is 521 g/mol. The van der Waals surface area contributed by atoms with Crippen molar-refractivity contribution in [3.8, 4) is 22.3 Å². The van der Waals surface area contributed by atoms with Crippen LogP contribution in [0.15, 0.2) is 97.1 Å². The van der Waals surface area contributed by atoms with Gasteiger partial charge >= 0.3 is 16.8 Å². The van der Waals surface area contributed by atoms with Crippen molar-refractivity contribution in [1.29, 1.82) is 0 Å². The molecule has 0 unspecified atom stereocenters. The van der Waals surface area contributed by atoms with Crippen molar-refractivity contribution in [3.05, 3.63) is 120 Å². The van der Waals surface area contributed by atoms with Crippen LogP contribution in [0.4, 0.5) is 0 Å². The van der Waals surface area contributed by atoms with Crippen LogP contribution < -0.4 is 0 Å². The Labute approximate surface area is 224 Å². The van der Waals surface area contributed by atoms with Crippen molar-refractivity contribution >= 4 is 46.4 Å². The van der Waals surface area contributed by atoms with Gasteiger partial charge < -0.3 is 9.97 Å². The summed E-state index contributed by atoms with van der Waals surface area (Å²) in [6.45, 7) is 0. The molecule has 0 saturated heterocycles. The molecule has 8 bridgehead atoms. The van der Waals surface area contributed by atoms with Crippen molar-refractivity contribution in [1.82, 2.24) is 19.9 Å². The molecule has 1 radical (unpaired) electrons. The summed E-state index contributed by atoms with van der Waals surface area (Å²) in [4.78, 5) is 17.2. The van der Waals surface area contributed by atoms with Gasteiger partial charge in [0, 0.05) is 33.2 Å². The summed E-state index contributed by atoms with van der Waals surface area (Å²) >= 11 is 0. The van der Waals surface area contributed by atoms with E-state index in [0.717, 1.165) is 67.1 Å². The smallest absolute Gasteiger partial charge is 0.355 e. The zero-order valence-corrected chi connectivity index (χ0v) is 20.8. The Hall–Kier alpha value is -4.45. The minimum atomic E-state index is 0. The van der Waals surface area contributed by atoms with Crippen LogP contribution in [0.1, 0.15) is 22.8 Å². The third-order valence-electron chi connectivity index (χ3n) is 6.52. The fraction of sp³-hybridized carbons (Fsp3) is 0. The number of benzene rings is 2. The number of hydrogen-bond acceptors (Lipinski definition) is 2. The minimum Gasteiger partial charge on any atom is -0.355 e. The molecule has 2 aliphatic rings. The van der Waals surface area contributed by atoms with Gasteiger partial charge in [-0.25, -0.2) is 9.97 Å². The Morgan fingerprint density at radius 2 is 0.892 bits per heavy atom. The van der Waals surface area contributed by atoms with E-state index in [2.05, 4.69) is 119 Å². The van der Waals surface area contributed by atoms with E-state index in [-0.39, 0.29) is 16.8 Å². The molecule has 5 aromatic rings. The van der Waals surface area contributed by atoms with Crippen molar-refractivity contribution in [2.24, 2.45) is 0 Å². The summed E-state index contributed by atoms with van der Waals surface area (Å²) in [5, 5.41) is 0.